The van der Waals surface area contributed by atoms with Gasteiger partial charge in [0.15, 0.2) is 6.29 Å². The van der Waals surface area contributed by atoms with E-state index in [1.54, 1.807) is 0 Å². The van der Waals surface area contributed by atoms with E-state index in [1.165, 1.54) is 16.5 Å². The maximum atomic E-state index is 12.7. The summed E-state index contributed by atoms with van der Waals surface area (Å²) in [5.41, 5.74) is 3.49. The largest absolute Gasteiger partial charge is 0.353 e. The molecule has 0 radical (unpaired) electrons. The lowest BCUT2D eigenvalue weighted by molar-refractivity contribution is -0.163. The van der Waals surface area contributed by atoms with Gasteiger partial charge >= 0.3 is 0 Å². The third kappa shape index (κ3) is 7.41. The molecule has 2 saturated heterocycles. The summed E-state index contributed by atoms with van der Waals surface area (Å²) in [5, 5.41) is 0. The fraction of sp³-hybridized carbons (Fsp3) is 0.654. The molecule has 0 aromatic heterocycles. The predicted molar refractivity (Wildman–Crippen MR) is 134 cm³/mol. The summed E-state index contributed by atoms with van der Waals surface area (Å²) in [6.07, 6.45) is 15.7. The van der Waals surface area contributed by atoms with Gasteiger partial charge in [-0.15, -0.1) is 0 Å². The number of ether oxygens (including phenoxy) is 2. The summed E-state index contributed by atoms with van der Waals surface area (Å²) < 4.78 is 12.7. The van der Waals surface area contributed by atoms with E-state index < -0.39 is 0 Å². The molecule has 2 aliphatic heterocycles. The fourth-order valence-corrected chi connectivity index (χ4v) is 5.12. The van der Waals surface area contributed by atoms with Crippen LogP contribution in [0, 0.1) is 0 Å². The number of likely N-dealkylation sites (tertiary alicyclic amines) is 1. The van der Waals surface area contributed by atoms with Gasteiger partial charge in [0, 0.05) is 49.4 Å². The molecule has 6 heteroatoms. The Bertz CT molecular complexity index is 736. The first-order valence-electron chi connectivity index (χ1n) is 12.3. The zero-order chi connectivity index (χ0) is 22.8. The van der Waals surface area contributed by atoms with Crippen LogP contribution >= 0.6 is 15.9 Å². The Labute approximate surface area is 202 Å². The van der Waals surface area contributed by atoms with E-state index in [0.29, 0.717) is 6.42 Å². The third-order valence-corrected chi connectivity index (χ3v) is 7.53. The number of carbonyl (C=O) groups excluding carboxylic acids is 1. The van der Waals surface area contributed by atoms with Crippen molar-refractivity contribution in [3.63, 3.8) is 0 Å². The van der Waals surface area contributed by atoms with Gasteiger partial charge in [-0.1, -0.05) is 45.8 Å². The average molecular weight is 508 g/mol. The van der Waals surface area contributed by atoms with Gasteiger partial charge in [0.1, 0.15) is 0 Å². The molecule has 2 fully saturated rings. The Hall–Kier alpha value is -1.21. The molecule has 0 N–H and O–H groups in total. The molecule has 0 saturated carbocycles. The van der Waals surface area contributed by atoms with E-state index >= 15 is 0 Å². The molecule has 1 amide bonds. The number of piperidine rings is 1. The highest BCUT2D eigenvalue weighted by molar-refractivity contribution is 9.12. The van der Waals surface area contributed by atoms with Crippen LogP contribution in [0.5, 0.6) is 0 Å². The lowest BCUT2D eigenvalue weighted by atomic mass is 10.0. The minimum atomic E-state index is 0.0216. The summed E-state index contributed by atoms with van der Waals surface area (Å²) >= 11 is 3.86. The number of nitrogens with zero attached hydrogens (tertiary/aromatic N) is 2. The van der Waals surface area contributed by atoms with Crippen molar-refractivity contribution in [2.75, 3.05) is 45.9 Å². The number of allylic oxidation sites excluding steroid dienone is 6. The van der Waals surface area contributed by atoms with E-state index in [0.717, 1.165) is 89.2 Å². The molecule has 1 atom stereocenters. The van der Waals surface area contributed by atoms with Crippen molar-refractivity contribution < 1.29 is 14.3 Å². The highest BCUT2D eigenvalue weighted by Crippen LogP contribution is 2.31. The third-order valence-electron chi connectivity index (χ3n) is 6.51. The molecule has 3 rings (SSSR count). The zero-order valence-corrected chi connectivity index (χ0v) is 21.4. The number of hydrogen-bond donors (Lipinski definition) is 0. The number of amides is 1. The quantitative estimate of drug-likeness (QED) is 0.395. The molecule has 178 valence electrons. The molecular formula is C26H39BrN2O3. The van der Waals surface area contributed by atoms with Gasteiger partial charge in [-0.25, -0.2) is 0 Å². The summed E-state index contributed by atoms with van der Waals surface area (Å²) in [6.45, 7) is 10.4. The maximum Gasteiger partial charge on any atom is 0.250 e. The van der Waals surface area contributed by atoms with Gasteiger partial charge in [-0.05, 0) is 64.4 Å². The summed E-state index contributed by atoms with van der Waals surface area (Å²) in [4.78, 5) is 17.1. The predicted octanol–water partition coefficient (Wildman–Crippen LogP) is 5.35. The zero-order valence-electron chi connectivity index (χ0n) is 19.8. The van der Waals surface area contributed by atoms with Crippen molar-refractivity contribution in [2.24, 2.45) is 0 Å². The minimum absolute atomic E-state index is 0.0216. The van der Waals surface area contributed by atoms with E-state index in [4.69, 9.17) is 9.47 Å². The van der Waals surface area contributed by atoms with Gasteiger partial charge in [-0.3, -0.25) is 4.79 Å². The van der Waals surface area contributed by atoms with Crippen molar-refractivity contribution in [1.29, 1.82) is 0 Å². The van der Waals surface area contributed by atoms with Crippen LogP contribution in [-0.4, -0.2) is 67.9 Å². The Morgan fingerprint density at radius 1 is 1.22 bits per heavy atom. The van der Waals surface area contributed by atoms with E-state index in [-0.39, 0.29) is 12.2 Å². The smallest absolute Gasteiger partial charge is 0.250 e. The van der Waals surface area contributed by atoms with Gasteiger partial charge in [-0.2, -0.15) is 0 Å². The first-order chi connectivity index (χ1) is 15.6. The lowest BCUT2D eigenvalue weighted by Gasteiger charge is -2.29. The SMILES string of the molecule is CCN(CC)C(=O)C1=CC=C(C(Br)=C2CCN(CCCOC3CCCCO3)CC2)C=CC1. The van der Waals surface area contributed by atoms with Crippen LogP contribution in [0.1, 0.15) is 58.8 Å². The molecule has 1 unspecified atom stereocenters. The first-order valence-corrected chi connectivity index (χ1v) is 13.1. The Kier molecular flexibility index (Phi) is 10.7. The number of likely N-dealkylation sites (N-methyl/N-ethyl adjacent to an activating group) is 1. The van der Waals surface area contributed by atoms with E-state index in [2.05, 4.69) is 39.1 Å². The molecule has 2 heterocycles. The van der Waals surface area contributed by atoms with Crippen molar-refractivity contribution in [3.05, 3.63) is 45.5 Å². The second-order valence-electron chi connectivity index (χ2n) is 8.68. The molecule has 32 heavy (non-hydrogen) atoms. The molecule has 0 aromatic carbocycles. The van der Waals surface area contributed by atoms with Crippen molar-refractivity contribution in [3.8, 4) is 0 Å². The van der Waals surface area contributed by atoms with Gasteiger partial charge in [0.05, 0.1) is 6.61 Å². The van der Waals surface area contributed by atoms with Crippen LogP contribution in [0.15, 0.2) is 45.5 Å². The molecule has 5 nitrogen and oxygen atoms in total. The van der Waals surface area contributed by atoms with Crippen molar-refractivity contribution in [2.45, 2.75) is 65.1 Å². The summed E-state index contributed by atoms with van der Waals surface area (Å²) in [5.74, 6) is 0.147. The lowest BCUT2D eigenvalue weighted by Crippen LogP contribution is -2.33. The van der Waals surface area contributed by atoms with Crippen molar-refractivity contribution >= 4 is 21.8 Å². The summed E-state index contributed by atoms with van der Waals surface area (Å²) in [7, 11) is 0. The van der Waals surface area contributed by atoms with Gasteiger partial charge in [0.2, 0.25) is 5.91 Å². The van der Waals surface area contributed by atoms with Gasteiger partial charge in [0.25, 0.3) is 0 Å². The Morgan fingerprint density at radius 3 is 2.69 bits per heavy atom. The minimum Gasteiger partial charge on any atom is -0.353 e. The molecule has 3 aliphatic rings. The molecule has 0 spiro atoms. The second-order valence-corrected chi connectivity index (χ2v) is 9.47. The second kappa shape index (κ2) is 13.5. The Morgan fingerprint density at radius 2 is 2.00 bits per heavy atom. The average Bonchev–Trinajstić information content (AvgIpc) is 3.09. The fourth-order valence-electron chi connectivity index (χ4n) is 4.46. The maximum absolute atomic E-state index is 12.7. The monoisotopic (exact) mass is 506 g/mol. The first kappa shape index (κ1) is 25.4. The molecule has 0 aromatic rings. The summed E-state index contributed by atoms with van der Waals surface area (Å²) in [6, 6.07) is 0. The van der Waals surface area contributed by atoms with E-state index in [1.807, 2.05) is 24.8 Å². The number of rotatable bonds is 9. The van der Waals surface area contributed by atoms with Crippen LogP contribution < -0.4 is 0 Å². The number of halogens is 1. The highest BCUT2D eigenvalue weighted by Gasteiger charge is 2.19. The van der Waals surface area contributed by atoms with Crippen LogP contribution in [0.25, 0.3) is 0 Å². The normalized spacial score (nSPS) is 22.2. The van der Waals surface area contributed by atoms with E-state index in [9.17, 15) is 4.79 Å². The highest BCUT2D eigenvalue weighted by atomic mass is 79.9. The van der Waals surface area contributed by atoms with Crippen LogP contribution in [0.4, 0.5) is 0 Å². The topological polar surface area (TPSA) is 42.0 Å². The van der Waals surface area contributed by atoms with Crippen LogP contribution in [0.2, 0.25) is 0 Å². The molecule has 1 aliphatic carbocycles. The molecular weight excluding hydrogens is 468 g/mol. The number of hydrogen-bond acceptors (Lipinski definition) is 4. The van der Waals surface area contributed by atoms with Crippen LogP contribution in [0.3, 0.4) is 0 Å². The van der Waals surface area contributed by atoms with Crippen LogP contribution in [-0.2, 0) is 14.3 Å². The van der Waals surface area contributed by atoms with Gasteiger partial charge < -0.3 is 19.3 Å². The van der Waals surface area contributed by atoms with Crippen molar-refractivity contribution in [1.82, 2.24) is 9.80 Å². The standard InChI is InChI=1S/C26H39BrN2O3/c1-3-29(4-2)26(30)23-10-7-9-21(12-13-23)25(27)22-14-17-28(18-15-22)16-8-20-32-24-11-5-6-19-31-24/h7,9,12-13,24H,3-6,8,10-11,14-20H2,1-2H3. The molecule has 0 bridgehead atoms. The Balaban J connectivity index is 1.47. The number of carbonyl (C=O) groups is 1.